The smallest absolute Gasteiger partial charge is 0.307 e. The molecule has 0 unspecified atom stereocenters. The molecule has 0 saturated carbocycles. The van der Waals surface area contributed by atoms with Crippen molar-refractivity contribution < 1.29 is 23.6 Å². The van der Waals surface area contributed by atoms with Crippen molar-refractivity contribution >= 4 is 72.2 Å². The molecule has 0 saturated heterocycles. The van der Waals surface area contributed by atoms with Gasteiger partial charge in [-0.1, -0.05) is 39.7 Å². The molecule has 1 heterocycles. The van der Waals surface area contributed by atoms with Crippen LogP contribution in [0.15, 0.2) is 73.1 Å². The number of rotatable bonds is 8. The lowest BCUT2D eigenvalue weighted by Crippen LogP contribution is -2.16. The number of nitro benzene ring substituents is 1. The van der Waals surface area contributed by atoms with Gasteiger partial charge in [0.25, 0.3) is 5.69 Å². The molecular formula is C24H16Br2ClN3O6. The number of nitro groups is 1. The number of furan rings is 1. The topological polar surface area (TPSA) is 116 Å². The fourth-order valence-electron chi connectivity index (χ4n) is 3.28. The molecule has 184 valence electrons. The number of halogens is 3. The fourth-order valence-corrected chi connectivity index (χ4v) is 4.89. The zero-order chi connectivity index (χ0) is 25.8. The summed E-state index contributed by atoms with van der Waals surface area (Å²) in [4.78, 5) is 23.0. The molecule has 0 aliphatic heterocycles. The first kappa shape index (κ1) is 25.7. The number of carbonyl (C=O) groups excluding carboxylic acids is 1. The van der Waals surface area contributed by atoms with Gasteiger partial charge in [0.05, 0.1) is 27.7 Å². The SMILES string of the molecule is COc1cc(/C=N\NC(=O)c2cc3cc(Br)cc(Br)c3o2)cc(Cl)c1OCc1cccc([N+](=O)[O-])c1. The van der Waals surface area contributed by atoms with Crippen LogP contribution in [0, 0.1) is 10.1 Å². The van der Waals surface area contributed by atoms with E-state index in [-0.39, 0.29) is 28.8 Å². The van der Waals surface area contributed by atoms with Crippen LogP contribution in [-0.4, -0.2) is 24.2 Å². The third-order valence-corrected chi connectivity index (χ3v) is 6.22. The van der Waals surface area contributed by atoms with Gasteiger partial charge < -0.3 is 13.9 Å². The maximum atomic E-state index is 12.5. The van der Waals surface area contributed by atoms with Gasteiger partial charge in [-0.3, -0.25) is 14.9 Å². The highest BCUT2D eigenvalue weighted by Crippen LogP contribution is 2.37. The van der Waals surface area contributed by atoms with E-state index >= 15 is 0 Å². The molecule has 3 aromatic carbocycles. The number of hydrogen-bond donors (Lipinski definition) is 1. The van der Waals surface area contributed by atoms with Crippen molar-refractivity contribution in [3.8, 4) is 11.5 Å². The number of benzene rings is 3. The molecule has 0 bridgehead atoms. The molecule has 1 amide bonds. The van der Waals surface area contributed by atoms with Crippen LogP contribution in [0.2, 0.25) is 5.02 Å². The Balaban J connectivity index is 1.45. The van der Waals surface area contributed by atoms with Crippen molar-refractivity contribution in [3.05, 3.63) is 95.6 Å². The normalized spacial score (nSPS) is 11.1. The van der Waals surface area contributed by atoms with Crippen LogP contribution in [0.3, 0.4) is 0 Å². The zero-order valence-electron chi connectivity index (χ0n) is 18.5. The van der Waals surface area contributed by atoms with Crippen molar-refractivity contribution in [1.82, 2.24) is 5.43 Å². The predicted molar refractivity (Wildman–Crippen MR) is 142 cm³/mol. The Labute approximate surface area is 226 Å². The molecule has 0 atom stereocenters. The van der Waals surface area contributed by atoms with E-state index in [0.717, 1.165) is 9.86 Å². The van der Waals surface area contributed by atoms with Gasteiger partial charge in [-0.15, -0.1) is 0 Å². The number of amides is 1. The number of non-ortho nitro benzene ring substituents is 1. The highest BCUT2D eigenvalue weighted by Gasteiger charge is 2.15. The number of carbonyl (C=O) groups is 1. The van der Waals surface area contributed by atoms with Crippen molar-refractivity contribution in [2.45, 2.75) is 6.61 Å². The molecule has 0 aliphatic carbocycles. The molecule has 12 heteroatoms. The van der Waals surface area contributed by atoms with E-state index in [1.807, 2.05) is 12.1 Å². The van der Waals surface area contributed by atoms with E-state index < -0.39 is 10.8 Å². The summed E-state index contributed by atoms with van der Waals surface area (Å²) in [6.07, 6.45) is 1.39. The molecule has 1 aromatic heterocycles. The van der Waals surface area contributed by atoms with Crippen molar-refractivity contribution in [2.24, 2.45) is 5.10 Å². The predicted octanol–water partition coefficient (Wildman–Crippen LogP) is 6.87. The number of methoxy groups -OCH3 is 1. The maximum absolute atomic E-state index is 12.5. The Morgan fingerprint density at radius 1 is 1.22 bits per heavy atom. The van der Waals surface area contributed by atoms with E-state index in [4.69, 9.17) is 25.5 Å². The van der Waals surface area contributed by atoms with Crippen molar-refractivity contribution in [2.75, 3.05) is 7.11 Å². The summed E-state index contributed by atoms with van der Waals surface area (Å²) >= 11 is 13.2. The fraction of sp³-hybridized carbons (Fsp3) is 0.0833. The molecule has 9 nitrogen and oxygen atoms in total. The average molecular weight is 638 g/mol. The summed E-state index contributed by atoms with van der Waals surface area (Å²) in [7, 11) is 1.45. The van der Waals surface area contributed by atoms with Crippen LogP contribution in [0.4, 0.5) is 5.69 Å². The maximum Gasteiger partial charge on any atom is 0.307 e. The van der Waals surface area contributed by atoms with Gasteiger partial charge in [-0.2, -0.15) is 5.10 Å². The highest BCUT2D eigenvalue weighted by molar-refractivity contribution is 9.11. The van der Waals surface area contributed by atoms with Crippen LogP contribution in [0.1, 0.15) is 21.7 Å². The van der Waals surface area contributed by atoms with E-state index in [1.165, 1.54) is 25.5 Å². The molecular weight excluding hydrogens is 622 g/mol. The number of nitrogens with zero attached hydrogens (tertiary/aromatic N) is 2. The van der Waals surface area contributed by atoms with Crippen LogP contribution in [0.5, 0.6) is 11.5 Å². The molecule has 36 heavy (non-hydrogen) atoms. The quantitative estimate of drug-likeness (QED) is 0.128. The summed E-state index contributed by atoms with van der Waals surface area (Å²) in [5, 5.41) is 15.9. The van der Waals surface area contributed by atoms with E-state index in [0.29, 0.717) is 26.9 Å². The Kier molecular flexibility index (Phi) is 7.92. The van der Waals surface area contributed by atoms with Crippen LogP contribution < -0.4 is 14.9 Å². The Morgan fingerprint density at radius 3 is 2.78 bits per heavy atom. The molecule has 4 rings (SSSR count). The Bertz CT molecular complexity index is 1500. The summed E-state index contributed by atoms with van der Waals surface area (Å²) in [5.74, 6) is 0.168. The molecule has 0 fully saturated rings. The van der Waals surface area contributed by atoms with E-state index in [2.05, 4.69) is 42.4 Å². The van der Waals surface area contributed by atoms with Gasteiger partial charge in [-0.05, 0) is 57.4 Å². The lowest BCUT2D eigenvalue weighted by Gasteiger charge is -2.13. The molecule has 0 spiro atoms. The molecule has 1 N–H and O–H groups in total. The minimum atomic E-state index is -0.527. The lowest BCUT2D eigenvalue weighted by molar-refractivity contribution is -0.384. The first-order valence-electron chi connectivity index (χ1n) is 10.2. The van der Waals surface area contributed by atoms with E-state index in [9.17, 15) is 14.9 Å². The minimum absolute atomic E-state index is 0.0362. The lowest BCUT2D eigenvalue weighted by atomic mass is 10.2. The van der Waals surface area contributed by atoms with Crippen molar-refractivity contribution in [1.29, 1.82) is 0 Å². The van der Waals surface area contributed by atoms with E-state index in [1.54, 1.807) is 30.3 Å². The second kappa shape index (κ2) is 11.1. The number of ether oxygens (including phenoxy) is 2. The number of hydrogen-bond acceptors (Lipinski definition) is 7. The molecule has 4 aromatic rings. The minimum Gasteiger partial charge on any atom is -0.493 e. The van der Waals surface area contributed by atoms with Crippen LogP contribution in [0.25, 0.3) is 11.0 Å². The van der Waals surface area contributed by atoms with Gasteiger partial charge in [0, 0.05) is 22.0 Å². The zero-order valence-corrected chi connectivity index (χ0v) is 22.4. The summed E-state index contributed by atoms with van der Waals surface area (Å²) in [6, 6.07) is 14.6. The second-order valence-corrected chi connectivity index (χ2v) is 9.54. The van der Waals surface area contributed by atoms with Gasteiger partial charge in [0.2, 0.25) is 0 Å². The Morgan fingerprint density at radius 2 is 2.03 bits per heavy atom. The first-order chi connectivity index (χ1) is 17.2. The largest absolute Gasteiger partial charge is 0.493 e. The monoisotopic (exact) mass is 635 g/mol. The second-order valence-electron chi connectivity index (χ2n) is 7.37. The molecule has 0 aliphatic rings. The summed E-state index contributed by atoms with van der Waals surface area (Å²) in [6.45, 7) is 0.0471. The summed E-state index contributed by atoms with van der Waals surface area (Å²) < 4.78 is 18.3. The van der Waals surface area contributed by atoms with Gasteiger partial charge in [0.15, 0.2) is 17.3 Å². The highest BCUT2D eigenvalue weighted by atomic mass is 79.9. The summed E-state index contributed by atoms with van der Waals surface area (Å²) in [5.41, 5.74) is 4.06. The first-order valence-corrected chi connectivity index (χ1v) is 12.2. The van der Waals surface area contributed by atoms with Crippen LogP contribution >= 0.6 is 43.5 Å². The number of nitrogens with one attached hydrogen (secondary N) is 1. The number of fused-ring (bicyclic) bond motifs is 1. The average Bonchev–Trinajstić information content (AvgIpc) is 3.28. The van der Waals surface area contributed by atoms with Gasteiger partial charge in [0.1, 0.15) is 12.2 Å². The molecule has 0 radical (unpaired) electrons. The van der Waals surface area contributed by atoms with Gasteiger partial charge in [-0.25, -0.2) is 5.43 Å². The van der Waals surface area contributed by atoms with Gasteiger partial charge >= 0.3 is 5.91 Å². The van der Waals surface area contributed by atoms with Crippen molar-refractivity contribution in [3.63, 3.8) is 0 Å². The van der Waals surface area contributed by atoms with Crippen LogP contribution in [-0.2, 0) is 6.61 Å². The Hall–Kier alpha value is -3.41. The third-order valence-electron chi connectivity index (χ3n) is 4.90. The third kappa shape index (κ3) is 5.86. The standard InChI is InChI=1S/C24H16Br2ClN3O6/c1-34-20-7-14(6-19(27)23(20)35-12-13-3-2-4-17(5-13)30(32)33)11-28-29-24(31)21-9-15-8-16(25)10-18(26)22(15)36-21/h2-11H,12H2,1H3,(H,29,31)/b28-11-. The number of hydrazone groups is 1.